The molecule has 3 rings (SSSR count). The largest absolute Gasteiger partial charge is 1.00 e. The van der Waals surface area contributed by atoms with Gasteiger partial charge in [0, 0.05) is 0 Å². The third kappa shape index (κ3) is 7.75. The summed E-state index contributed by atoms with van der Waals surface area (Å²) in [7, 11) is 6.98. The molecule has 0 unspecified atom stereocenters. The number of nitrogens with zero attached hydrogens (tertiary/aromatic N) is 2. The van der Waals surface area contributed by atoms with Crippen molar-refractivity contribution in [2.45, 2.75) is 0 Å². The van der Waals surface area contributed by atoms with Gasteiger partial charge < -0.3 is 66.4 Å². The molecule has 0 saturated carbocycles. The van der Waals surface area contributed by atoms with Crippen LogP contribution in [0.3, 0.4) is 0 Å². The summed E-state index contributed by atoms with van der Waals surface area (Å²) in [4.78, 5) is 0. The Morgan fingerprint density at radius 2 is 1.22 bits per heavy atom. The topological polar surface area (TPSA) is 18.5 Å². The van der Waals surface area contributed by atoms with Gasteiger partial charge in [0.05, 0.1) is 21.1 Å². The highest BCUT2D eigenvalue weighted by molar-refractivity contribution is 5.35. The summed E-state index contributed by atoms with van der Waals surface area (Å²) < 4.78 is 14.0. The molecule has 1 saturated heterocycles. The van der Waals surface area contributed by atoms with Gasteiger partial charge in [0.1, 0.15) is 56.6 Å². The van der Waals surface area contributed by atoms with Crippen LogP contribution in [0.5, 0.6) is 17.2 Å². The molecule has 150 valence electrons. The van der Waals surface area contributed by atoms with Crippen molar-refractivity contribution >= 4 is 0 Å². The van der Waals surface area contributed by atoms with E-state index < -0.39 is 0 Å². The summed E-state index contributed by atoms with van der Waals surface area (Å²) in [6, 6.07) is 17.7. The number of para-hydroxylation sites is 1. The van der Waals surface area contributed by atoms with Gasteiger partial charge in [-0.05, 0) is 36.4 Å². The summed E-state index contributed by atoms with van der Waals surface area (Å²) in [5, 5.41) is 0. The lowest BCUT2D eigenvalue weighted by Crippen LogP contribution is -3.00. The molecule has 1 aliphatic heterocycles. The Balaban J connectivity index is 0.00000182. The van der Waals surface area contributed by atoms with Crippen LogP contribution in [-0.4, -0.2) is 69.4 Å². The first-order valence-electron chi connectivity index (χ1n) is 9.06. The molecule has 0 atom stereocenters. The van der Waals surface area contributed by atoms with Crippen LogP contribution in [0, 0.1) is 0 Å². The first-order valence-corrected chi connectivity index (χ1v) is 9.06. The Hall–Kier alpha value is -0.580. The Kier molecular flexibility index (Phi) is 9.81. The molecule has 0 aromatic heterocycles. The van der Waals surface area contributed by atoms with E-state index in [0.717, 1.165) is 39.4 Å². The van der Waals surface area contributed by atoms with Crippen molar-refractivity contribution in [2.75, 3.05) is 60.5 Å². The van der Waals surface area contributed by atoms with Crippen LogP contribution in [0.1, 0.15) is 0 Å². The maximum absolute atomic E-state index is 5.95. The minimum Gasteiger partial charge on any atom is -1.00 e. The molecule has 2 aromatic carbocycles. The lowest BCUT2D eigenvalue weighted by molar-refractivity contribution is -1.01. The third-order valence-electron chi connectivity index (χ3n) is 5.19. The van der Waals surface area contributed by atoms with E-state index in [9.17, 15) is 0 Å². The monoisotopic (exact) mass is 596 g/mol. The van der Waals surface area contributed by atoms with E-state index in [1.807, 2.05) is 54.6 Å². The van der Waals surface area contributed by atoms with Crippen LogP contribution < -0.4 is 57.4 Å². The molecule has 2 aromatic rings. The van der Waals surface area contributed by atoms with Crippen molar-refractivity contribution in [3.05, 3.63) is 54.6 Å². The second kappa shape index (κ2) is 10.8. The van der Waals surface area contributed by atoms with E-state index >= 15 is 0 Å². The molecule has 6 heteroatoms. The van der Waals surface area contributed by atoms with Crippen molar-refractivity contribution in [1.29, 1.82) is 0 Å². The number of hydrogen-bond donors (Lipinski definition) is 0. The second-order valence-electron chi connectivity index (χ2n) is 7.91. The van der Waals surface area contributed by atoms with Gasteiger partial charge in [-0.3, -0.25) is 0 Å². The standard InChI is InChI=1S/C21H30N2O2.2HI/c1-22(2)13-15-23(3,16-14-22)17-18-24-19-9-11-21(12-10-19)25-20-7-5-4-6-8-20;;/h4-12H,13-18H2,1-3H3;2*1H/q+2;;/p-2. The normalized spacial score (nSPS) is 17.1. The van der Waals surface area contributed by atoms with Crippen molar-refractivity contribution < 1.29 is 66.4 Å². The Bertz CT molecular complexity index is 668. The van der Waals surface area contributed by atoms with Gasteiger partial charge in [0.15, 0.2) is 0 Å². The van der Waals surface area contributed by atoms with E-state index in [4.69, 9.17) is 9.47 Å². The average molecular weight is 596 g/mol. The number of likely N-dealkylation sites (N-methyl/N-ethyl adjacent to an activating group) is 2. The van der Waals surface area contributed by atoms with E-state index in [1.165, 1.54) is 26.2 Å². The molecule has 0 radical (unpaired) electrons. The minimum absolute atomic E-state index is 0. The number of ether oxygens (including phenoxy) is 2. The van der Waals surface area contributed by atoms with E-state index in [1.54, 1.807) is 0 Å². The summed E-state index contributed by atoms with van der Waals surface area (Å²) in [5.74, 6) is 2.58. The van der Waals surface area contributed by atoms with E-state index in [0.29, 0.717) is 0 Å². The molecule has 0 N–H and O–H groups in total. The van der Waals surface area contributed by atoms with Gasteiger partial charge in [-0.25, -0.2) is 0 Å². The van der Waals surface area contributed by atoms with E-state index in [2.05, 4.69) is 21.1 Å². The van der Waals surface area contributed by atoms with Crippen molar-refractivity contribution in [3.63, 3.8) is 0 Å². The molecule has 1 aliphatic rings. The molecule has 0 bridgehead atoms. The molecule has 1 fully saturated rings. The van der Waals surface area contributed by atoms with E-state index in [-0.39, 0.29) is 48.0 Å². The molecule has 27 heavy (non-hydrogen) atoms. The first kappa shape index (κ1) is 24.5. The predicted octanol–water partition coefficient (Wildman–Crippen LogP) is -2.60. The molecule has 4 nitrogen and oxygen atoms in total. The van der Waals surface area contributed by atoms with Crippen LogP contribution >= 0.6 is 0 Å². The minimum atomic E-state index is 0. The number of hydrogen-bond acceptors (Lipinski definition) is 2. The Morgan fingerprint density at radius 3 is 1.81 bits per heavy atom. The van der Waals surface area contributed by atoms with Crippen LogP contribution in [0.4, 0.5) is 0 Å². The summed E-state index contributed by atoms with van der Waals surface area (Å²) in [6.45, 7) is 6.73. The third-order valence-corrected chi connectivity index (χ3v) is 5.19. The Morgan fingerprint density at radius 1 is 0.704 bits per heavy atom. The SMILES string of the molecule is C[N+]1(C)CC[N+](C)(CCOc2ccc(Oc3ccccc3)cc2)CC1.[I-].[I-]. The van der Waals surface area contributed by atoms with Crippen LogP contribution in [0.2, 0.25) is 0 Å². The number of benzene rings is 2. The number of halogens is 2. The highest BCUT2D eigenvalue weighted by atomic mass is 127. The lowest BCUT2D eigenvalue weighted by atomic mass is 10.2. The molecule has 1 heterocycles. The zero-order valence-corrected chi connectivity index (χ0v) is 20.7. The fraction of sp³-hybridized carbons (Fsp3) is 0.429. The first-order chi connectivity index (χ1) is 11.9. The smallest absolute Gasteiger partial charge is 0.137 e. The van der Waals surface area contributed by atoms with Crippen molar-refractivity contribution in [2.24, 2.45) is 0 Å². The van der Waals surface area contributed by atoms with Crippen molar-refractivity contribution in [1.82, 2.24) is 0 Å². The van der Waals surface area contributed by atoms with Gasteiger partial charge in [-0.2, -0.15) is 0 Å². The molecule has 0 amide bonds. The average Bonchev–Trinajstić information content (AvgIpc) is 2.61. The molecule has 0 aliphatic carbocycles. The summed E-state index contributed by atoms with van der Waals surface area (Å²) in [6.07, 6.45) is 0. The fourth-order valence-electron chi connectivity index (χ4n) is 3.08. The van der Waals surface area contributed by atoms with Gasteiger partial charge in [0.2, 0.25) is 0 Å². The quantitative estimate of drug-likeness (QED) is 0.270. The zero-order chi connectivity index (χ0) is 17.8. The molecular formula is C21H30I2N2O2. The molecular weight excluding hydrogens is 566 g/mol. The van der Waals surface area contributed by atoms with Gasteiger partial charge >= 0.3 is 0 Å². The molecule has 0 spiro atoms. The summed E-state index contributed by atoms with van der Waals surface area (Å²) >= 11 is 0. The predicted molar refractivity (Wildman–Crippen MR) is 101 cm³/mol. The second-order valence-corrected chi connectivity index (χ2v) is 7.91. The maximum atomic E-state index is 5.95. The lowest BCUT2D eigenvalue weighted by Gasteiger charge is -2.44. The zero-order valence-electron chi connectivity index (χ0n) is 16.4. The maximum Gasteiger partial charge on any atom is 0.137 e. The Labute approximate surface area is 197 Å². The fourth-order valence-corrected chi connectivity index (χ4v) is 3.08. The van der Waals surface area contributed by atoms with Gasteiger partial charge in [-0.15, -0.1) is 0 Å². The van der Waals surface area contributed by atoms with Crippen LogP contribution in [0.15, 0.2) is 54.6 Å². The number of quaternary nitrogens is 2. The van der Waals surface area contributed by atoms with Crippen LogP contribution in [-0.2, 0) is 0 Å². The van der Waals surface area contributed by atoms with Crippen molar-refractivity contribution in [3.8, 4) is 17.2 Å². The number of piperazine rings is 1. The highest BCUT2D eigenvalue weighted by Gasteiger charge is 2.34. The van der Waals surface area contributed by atoms with Crippen LogP contribution in [0.25, 0.3) is 0 Å². The highest BCUT2D eigenvalue weighted by Crippen LogP contribution is 2.23. The van der Waals surface area contributed by atoms with Gasteiger partial charge in [-0.1, -0.05) is 18.2 Å². The number of rotatable bonds is 6. The van der Waals surface area contributed by atoms with Gasteiger partial charge in [0.25, 0.3) is 0 Å². The summed E-state index contributed by atoms with van der Waals surface area (Å²) in [5.41, 5.74) is 0.